The molecule has 8 nitrogen and oxygen atoms in total. The number of nitrogens with one attached hydrogen (secondary N) is 1. The molecule has 158 valence electrons. The van der Waals surface area contributed by atoms with Crippen molar-refractivity contribution in [2.75, 3.05) is 37.7 Å². The van der Waals surface area contributed by atoms with Crippen LogP contribution < -0.4 is 10.2 Å². The molecule has 2 N–H and O–H groups in total. The minimum Gasteiger partial charge on any atom is -0.441 e. The van der Waals surface area contributed by atoms with Crippen LogP contribution in [0.5, 0.6) is 0 Å². The normalized spacial score (nSPS) is 24.4. The summed E-state index contributed by atoms with van der Waals surface area (Å²) in [6.07, 6.45) is -0.854. The summed E-state index contributed by atoms with van der Waals surface area (Å²) in [5.41, 5.74) is -0.0783. The van der Waals surface area contributed by atoms with Gasteiger partial charge in [0.25, 0.3) is 0 Å². The molecule has 0 spiro atoms. The summed E-state index contributed by atoms with van der Waals surface area (Å²) >= 11 is 0. The number of carbonyl (C=O) groups is 3. The Balaban J connectivity index is 1.79. The first-order valence-corrected chi connectivity index (χ1v) is 9.33. The number of piperazine rings is 1. The standard InChI is InChI=1S/C19H23F2N3O5/c1-10-16(19(28)29-18(10)22-11(2)26)12-7-13(20)17(14(21)8-12)24-5-3-23(4-6-24)15(27)9-25/h7-8,10,16,18,25H,3-6,9H2,1-2H3,(H,22,26)/t10?,16?,18-/m1/s1. The number of hydrogen-bond donors (Lipinski definition) is 2. The lowest BCUT2D eigenvalue weighted by Crippen LogP contribution is -2.50. The number of hydrogen-bond acceptors (Lipinski definition) is 6. The molecular weight excluding hydrogens is 388 g/mol. The molecule has 29 heavy (non-hydrogen) atoms. The number of rotatable bonds is 4. The molecule has 2 unspecified atom stereocenters. The molecule has 3 rings (SSSR count). The maximum absolute atomic E-state index is 14.8. The Bertz CT molecular complexity index is 803. The summed E-state index contributed by atoms with van der Waals surface area (Å²) in [7, 11) is 0. The number of ether oxygens (including phenoxy) is 1. The molecule has 0 radical (unpaired) electrons. The van der Waals surface area contributed by atoms with Gasteiger partial charge >= 0.3 is 5.97 Å². The SMILES string of the molecule is CC(=O)N[C@@H]1OC(=O)C(c2cc(F)c(N3CCN(C(=O)CO)CC3)c(F)c2)C1C. The summed E-state index contributed by atoms with van der Waals surface area (Å²) in [6.45, 7) is 3.26. The Morgan fingerprint density at radius 1 is 1.21 bits per heavy atom. The van der Waals surface area contributed by atoms with Gasteiger partial charge in [-0.2, -0.15) is 0 Å². The van der Waals surface area contributed by atoms with E-state index < -0.39 is 48.2 Å². The highest BCUT2D eigenvalue weighted by atomic mass is 19.1. The van der Waals surface area contributed by atoms with Crippen LogP contribution in [-0.4, -0.2) is 66.8 Å². The average molecular weight is 411 g/mol. The van der Waals surface area contributed by atoms with E-state index in [0.29, 0.717) is 0 Å². The Morgan fingerprint density at radius 3 is 2.31 bits per heavy atom. The molecule has 2 heterocycles. The van der Waals surface area contributed by atoms with Gasteiger partial charge in [0.15, 0.2) is 6.23 Å². The van der Waals surface area contributed by atoms with Gasteiger partial charge in [0.1, 0.15) is 23.9 Å². The van der Waals surface area contributed by atoms with E-state index in [2.05, 4.69) is 5.32 Å². The van der Waals surface area contributed by atoms with Crippen molar-refractivity contribution in [1.29, 1.82) is 0 Å². The Labute approximate surface area is 166 Å². The zero-order valence-electron chi connectivity index (χ0n) is 16.2. The van der Waals surface area contributed by atoms with Gasteiger partial charge < -0.3 is 25.0 Å². The third-order valence-electron chi connectivity index (χ3n) is 5.33. The number of aliphatic hydroxyl groups is 1. The first kappa shape index (κ1) is 21.0. The summed E-state index contributed by atoms with van der Waals surface area (Å²) in [4.78, 5) is 37.9. The van der Waals surface area contributed by atoms with E-state index in [0.717, 1.165) is 12.1 Å². The molecular formula is C19H23F2N3O5. The first-order valence-electron chi connectivity index (χ1n) is 9.33. The van der Waals surface area contributed by atoms with E-state index in [1.54, 1.807) is 6.92 Å². The molecule has 2 aliphatic heterocycles. The molecule has 2 amide bonds. The van der Waals surface area contributed by atoms with Crippen molar-refractivity contribution in [1.82, 2.24) is 10.2 Å². The van der Waals surface area contributed by atoms with Crippen molar-refractivity contribution in [2.24, 2.45) is 5.92 Å². The highest BCUT2D eigenvalue weighted by Gasteiger charge is 2.44. The molecule has 2 saturated heterocycles. The second kappa shape index (κ2) is 8.32. The fraction of sp³-hybridized carbons (Fsp3) is 0.526. The Kier molecular flexibility index (Phi) is 6.02. The van der Waals surface area contributed by atoms with Gasteiger partial charge in [0, 0.05) is 39.0 Å². The average Bonchev–Trinajstić information content (AvgIpc) is 2.93. The predicted molar refractivity (Wildman–Crippen MR) is 97.8 cm³/mol. The maximum Gasteiger partial charge on any atom is 0.315 e. The number of anilines is 1. The summed E-state index contributed by atoms with van der Waals surface area (Å²) in [6, 6.07) is 2.23. The first-order chi connectivity index (χ1) is 13.7. The summed E-state index contributed by atoms with van der Waals surface area (Å²) < 4.78 is 34.8. The molecule has 0 aliphatic carbocycles. The Morgan fingerprint density at radius 2 is 1.79 bits per heavy atom. The van der Waals surface area contributed by atoms with E-state index in [9.17, 15) is 23.2 Å². The van der Waals surface area contributed by atoms with Gasteiger partial charge in [-0.1, -0.05) is 6.92 Å². The van der Waals surface area contributed by atoms with Crippen LogP contribution in [0.2, 0.25) is 0 Å². The number of aliphatic hydroxyl groups excluding tert-OH is 1. The molecule has 3 atom stereocenters. The van der Waals surface area contributed by atoms with Gasteiger partial charge in [0.05, 0.1) is 5.92 Å². The number of benzene rings is 1. The zero-order valence-corrected chi connectivity index (χ0v) is 16.2. The molecule has 0 bridgehead atoms. The van der Waals surface area contributed by atoms with Crippen LogP contribution in [0.3, 0.4) is 0 Å². The van der Waals surface area contributed by atoms with Gasteiger partial charge in [-0.3, -0.25) is 14.4 Å². The van der Waals surface area contributed by atoms with Crippen molar-refractivity contribution in [2.45, 2.75) is 26.0 Å². The van der Waals surface area contributed by atoms with Crippen LogP contribution in [0.25, 0.3) is 0 Å². The second-order valence-corrected chi connectivity index (χ2v) is 7.25. The predicted octanol–water partition coefficient (Wildman–Crippen LogP) is 0.344. The lowest BCUT2D eigenvalue weighted by molar-refractivity contribution is -0.144. The number of cyclic esters (lactones) is 1. The number of esters is 1. The second-order valence-electron chi connectivity index (χ2n) is 7.25. The number of carbonyl (C=O) groups excluding carboxylic acids is 3. The van der Waals surface area contributed by atoms with E-state index in [-0.39, 0.29) is 43.3 Å². The van der Waals surface area contributed by atoms with Crippen LogP contribution in [-0.2, 0) is 19.1 Å². The quantitative estimate of drug-likeness (QED) is 0.694. The van der Waals surface area contributed by atoms with Gasteiger partial charge in [-0.15, -0.1) is 0 Å². The lowest BCUT2D eigenvalue weighted by atomic mass is 9.88. The van der Waals surface area contributed by atoms with E-state index >= 15 is 0 Å². The van der Waals surface area contributed by atoms with Crippen molar-refractivity contribution in [3.8, 4) is 0 Å². The largest absolute Gasteiger partial charge is 0.441 e. The van der Waals surface area contributed by atoms with E-state index in [1.165, 1.54) is 16.7 Å². The van der Waals surface area contributed by atoms with Crippen LogP contribution in [0, 0.1) is 17.6 Å². The lowest BCUT2D eigenvalue weighted by Gasteiger charge is -2.36. The number of amides is 2. The topological polar surface area (TPSA) is 99.2 Å². The molecule has 2 fully saturated rings. The molecule has 1 aromatic carbocycles. The Hall–Kier alpha value is -2.75. The van der Waals surface area contributed by atoms with Crippen LogP contribution in [0.1, 0.15) is 25.3 Å². The number of halogens is 2. The van der Waals surface area contributed by atoms with Crippen molar-refractivity contribution < 1.29 is 33.0 Å². The van der Waals surface area contributed by atoms with Gasteiger partial charge in [-0.05, 0) is 17.7 Å². The minimum atomic E-state index is -0.899. The monoisotopic (exact) mass is 411 g/mol. The smallest absolute Gasteiger partial charge is 0.315 e. The van der Waals surface area contributed by atoms with Crippen molar-refractivity contribution >= 4 is 23.5 Å². The van der Waals surface area contributed by atoms with Crippen LogP contribution in [0.15, 0.2) is 12.1 Å². The van der Waals surface area contributed by atoms with Crippen molar-refractivity contribution in [3.05, 3.63) is 29.3 Å². The molecule has 2 aliphatic rings. The zero-order chi connectivity index (χ0) is 21.3. The third kappa shape index (κ3) is 4.16. The summed E-state index contributed by atoms with van der Waals surface area (Å²) in [5, 5.41) is 11.4. The van der Waals surface area contributed by atoms with Crippen molar-refractivity contribution in [3.63, 3.8) is 0 Å². The fourth-order valence-electron chi connectivity index (χ4n) is 3.84. The highest BCUT2D eigenvalue weighted by Crippen LogP contribution is 2.38. The molecule has 0 saturated carbocycles. The van der Waals surface area contributed by atoms with E-state index in [1.807, 2.05) is 0 Å². The molecule has 0 aromatic heterocycles. The molecule has 10 heteroatoms. The highest BCUT2D eigenvalue weighted by molar-refractivity contribution is 5.82. The van der Waals surface area contributed by atoms with Gasteiger partial charge in [-0.25, -0.2) is 8.78 Å². The summed E-state index contributed by atoms with van der Waals surface area (Å²) in [5.74, 6) is -4.48. The number of nitrogens with zero attached hydrogens (tertiary/aromatic N) is 2. The van der Waals surface area contributed by atoms with Crippen LogP contribution >= 0.6 is 0 Å². The van der Waals surface area contributed by atoms with Crippen LogP contribution in [0.4, 0.5) is 14.5 Å². The van der Waals surface area contributed by atoms with Gasteiger partial charge in [0.2, 0.25) is 11.8 Å². The fourth-order valence-corrected chi connectivity index (χ4v) is 3.84. The maximum atomic E-state index is 14.8. The molecule has 1 aromatic rings. The third-order valence-corrected chi connectivity index (χ3v) is 5.33. The van der Waals surface area contributed by atoms with E-state index in [4.69, 9.17) is 9.84 Å². The minimum absolute atomic E-state index is 0.142.